The highest BCUT2D eigenvalue weighted by Crippen LogP contribution is 2.39. The average Bonchev–Trinajstić information content (AvgIpc) is 3.50. The van der Waals surface area contributed by atoms with Gasteiger partial charge in [-0.3, -0.25) is 4.90 Å². The first-order chi connectivity index (χ1) is 16.1. The van der Waals surface area contributed by atoms with E-state index in [0.29, 0.717) is 0 Å². The van der Waals surface area contributed by atoms with Crippen LogP contribution in [-0.2, 0) is 5.54 Å². The molecule has 0 radical (unpaired) electrons. The van der Waals surface area contributed by atoms with Gasteiger partial charge in [-0.1, -0.05) is 48.5 Å². The fraction of sp³-hybridized carbons (Fsp3) is 0.357. The second-order valence-electron chi connectivity index (χ2n) is 9.14. The molecule has 1 saturated carbocycles. The monoisotopic (exact) mass is 439 g/mol. The maximum absolute atomic E-state index is 6.59. The van der Waals surface area contributed by atoms with Gasteiger partial charge in [0.2, 0.25) is 0 Å². The summed E-state index contributed by atoms with van der Waals surface area (Å²) in [6, 6.07) is 19.1. The van der Waals surface area contributed by atoms with Gasteiger partial charge in [-0.15, -0.1) is 0 Å². The van der Waals surface area contributed by atoms with E-state index in [1.807, 2.05) is 13.0 Å². The van der Waals surface area contributed by atoms with Gasteiger partial charge in [0.25, 0.3) is 0 Å². The van der Waals surface area contributed by atoms with Crippen molar-refractivity contribution in [1.29, 1.82) is 0 Å². The zero-order chi connectivity index (χ0) is 22.8. The van der Waals surface area contributed by atoms with Gasteiger partial charge in [-0.2, -0.15) is 0 Å². The summed E-state index contributed by atoms with van der Waals surface area (Å²) in [7, 11) is 0. The number of nitrogens with zero attached hydrogens (tertiary/aromatic N) is 4. The van der Waals surface area contributed by atoms with Crippen LogP contribution in [0.2, 0.25) is 0 Å². The first-order valence-corrected chi connectivity index (χ1v) is 12.1. The Morgan fingerprint density at radius 3 is 2.24 bits per heavy atom. The molecule has 1 saturated heterocycles. The summed E-state index contributed by atoms with van der Waals surface area (Å²) in [5, 5.41) is 0. The third-order valence-electron chi connectivity index (χ3n) is 7.04. The Morgan fingerprint density at radius 2 is 1.67 bits per heavy atom. The molecular weight excluding hydrogens is 406 g/mol. The summed E-state index contributed by atoms with van der Waals surface area (Å²) in [4.78, 5) is 14.8. The maximum Gasteiger partial charge on any atom is 0.166 e. The van der Waals surface area contributed by atoms with Crippen molar-refractivity contribution < 1.29 is 0 Å². The summed E-state index contributed by atoms with van der Waals surface area (Å²) in [6.45, 7) is 6.21. The minimum absolute atomic E-state index is 0.167. The second-order valence-corrected chi connectivity index (χ2v) is 9.14. The van der Waals surface area contributed by atoms with Crippen molar-refractivity contribution in [2.45, 2.75) is 51.5 Å². The zero-order valence-corrected chi connectivity index (χ0v) is 19.7. The standard InChI is InChI=1S/C28H33N5/c1-3-24-27(31-25(4-2)32-19-8-9-20-32)33(26(30-24)21-11-6-5-7-12-21)23-15-13-22(14-16-23)28(29)17-10-18-28/h3-7,11-16H,8-10,17-20,29H2,1-2H3/b24-3+,25-4+,31-27+. The van der Waals surface area contributed by atoms with Gasteiger partial charge in [0.05, 0.1) is 0 Å². The third kappa shape index (κ3) is 4.02. The second kappa shape index (κ2) is 8.99. The molecule has 170 valence electrons. The maximum atomic E-state index is 6.59. The van der Waals surface area contributed by atoms with Crippen LogP contribution >= 0.6 is 0 Å². The smallest absolute Gasteiger partial charge is 0.166 e. The quantitative estimate of drug-likeness (QED) is 0.664. The molecule has 2 N–H and O–H groups in total. The highest BCUT2D eigenvalue weighted by atomic mass is 15.3. The minimum Gasteiger partial charge on any atom is -0.357 e. The van der Waals surface area contributed by atoms with Crippen LogP contribution in [0.15, 0.2) is 88.3 Å². The van der Waals surface area contributed by atoms with E-state index in [1.165, 1.54) is 24.8 Å². The number of anilines is 1. The van der Waals surface area contributed by atoms with Gasteiger partial charge >= 0.3 is 0 Å². The summed E-state index contributed by atoms with van der Waals surface area (Å²) >= 11 is 0. The number of hydrogen-bond donors (Lipinski definition) is 1. The Labute approximate surface area is 197 Å². The Kier molecular flexibility index (Phi) is 5.90. The summed E-state index contributed by atoms with van der Waals surface area (Å²) < 4.78 is 0. The normalized spacial score (nSPS) is 22.8. The molecule has 2 heterocycles. The molecule has 0 amide bonds. The summed E-state index contributed by atoms with van der Waals surface area (Å²) in [6.07, 6.45) is 9.93. The first kappa shape index (κ1) is 21.7. The summed E-state index contributed by atoms with van der Waals surface area (Å²) in [5.41, 5.74) is 10.7. The third-order valence-corrected chi connectivity index (χ3v) is 7.04. The fourth-order valence-corrected chi connectivity index (χ4v) is 4.92. The predicted octanol–water partition coefficient (Wildman–Crippen LogP) is 5.55. The van der Waals surface area contributed by atoms with Crippen molar-refractivity contribution in [2.24, 2.45) is 15.7 Å². The van der Waals surface area contributed by atoms with Crippen LogP contribution in [0.3, 0.4) is 0 Å². The van der Waals surface area contributed by atoms with Crippen LogP contribution in [0.25, 0.3) is 0 Å². The van der Waals surface area contributed by atoms with Crippen molar-refractivity contribution in [1.82, 2.24) is 4.90 Å². The van der Waals surface area contributed by atoms with Gasteiger partial charge in [-0.05, 0) is 69.7 Å². The zero-order valence-electron chi connectivity index (χ0n) is 19.7. The number of rotatable bonds is 5. The largest absolute Gasteiger partial charge is 0.357 e. The highest BCUT2D eigenvalue weighted by Gasteiger charge is 2.35. The minimum atomic E-state index is -0.167. The SMILES string of the molecule is C\C=C(/N=C1\C(=C/C)N=C(c2ccccc2)N1c1ccc(C2(N)CCC2)cc1)N1CCCC1. The molecular formula is C28H33N5. The Morgan fingerprint density at radius 1 is 0.970 bits per heavy atom. The fourth-order valence-electron chi connectivity index (χ4n) is 4.92. The molecule has 0 spiro atoms. The molecule has 0 bridgehead atoms. The Balaban J connectivity index is 1.59. The van der Waals surface area contributed by atoms with Crippen LogP contribution in [0.1, 0.15) is 57.1 Å². The number of allylic oxidation sites excluding steroid dienone is 2. The molecule has 3 aliphatic rings. The molecule has 2 aromatic rings. The van der Waals surface area contributed by atoms with Gasteiger partial charge in [0, 0.05) is 29.9 Å². The first-order valence-electron chi connectivity index (χ1n) is 12.1. The molecule has 5 nitrogen and oxygen atoms in total. The van der Waals surface area contributed by atoms with Crippen LogP contribution in [0.4, 0.5) is 5.69 Å². The molecule has 33 heavy (non-hydrogen) atoms. The van der Waals surface area contributed by atoms with Crippen LogP contribution in [-0.4, -0.2) is 29.7 Å². The van der Waals surface area contributed by atoms with E-state index in [4.69, 9.17) is 15.7 Å². The molecule has 0 unspecified atom stereocenters. The number of amidine groups is 2. The van der Waals surface area contributed by atoms with E-state index in [9.17, 15) is 0 Å². The molecule has 0 aromatic heterocycles. The van der Waals surface area contributed by atoms with Crippen LogP contribution < -0.4 is 10.6 Å². The van der Waals surface area contributed by atoms with Gasteiger partial charge in [0.1, 0.15) is 17.4 Å². The molecule has 2 aromatic carbocycles. The number of nitrogens with two attached hydrogens (primary N) is 1. The molecule has 5 heteroatoms. The summed E-state index contributed by atoms with van der Waals surface area (Å²) in [5.74, 6) is 2.79. The van der Waals surface area contributed by atoms with Gasteiger partial charge in [0.15, 0.2) is 5.84 Å². The van der Waals surface area contributed by atoms with E-state index in [-0.39, 0.29) is 5.54 Å². The average molecular weight is 440 g/mol. The lowest BCUT2D eigenvalue weighted by Crippen LogP contribution is -2.43. The van der Waals surface area contributed by atoms with Gasteiger partial charge in [-0.25, -0.2) is 9.98 Å². The van der Waals surface area contributed by atoms with E-state index >= 15 is 0 Å². The number of likely N-dealkylation sites (tertiary alicyclic amines) is 1. The van der Waals surface area contributed by atoms with Crippen molar-refractivity contribution >= 4 is 17.4 Å². The van der Waals surface area contributed by atoms with Crippen molar-refractivity contribution in [2.75, 3.05) is 18.0 Å². The Hall–Kier alpha value is -3.18. The van der Waals surface area contributed by atoms with E-state index in [1.54, 1.807) is 0 Å². The molecule has 0 atom stereocenters. The lowest BCUT2D eigenvalue weighted by atomic mass is 9.73. The number of hydrogen-bond acceptors (Lipinski definition) is 4. The lowest BCUT2D eigenvalue weighted by molar-refractivity contribution is 0.253. The Bertz CT molecular complexity index is 1110. The van der Waals surface area contributed by atoms with Crippen LogP contribution in [0, 0.1) is 0 Å². The van der Waals surface area contributed by atoms with Crippen molar-refractivity contribution in [3.05, 3.63) is 89.4 Å². The molecule has 5 rings (SSSR count). The van der Waals surface area contributed by atoms with E-state index in [2.05, 4.69) is 77.4 Å². The van der Waals surface area contributed by atoms with E-state index in [0.717, 1.165) is 60.4 Å². The number of benzene rings is 2. The van der Waals surface area contributed by atoms with Crippen LogP contribution in [0.5, 0.6) is 0 Å². The molecule has 2 aliphatic heterocycles. The highest BCUT2D eigenvalue weighted by molar-refractivity contribution is 6.34. The molecule has 1 aliphatic carbocycles. The molecule has 2 fully saturated rings. The number of aliphatic imine (C=N–C) groups is 2. The van der Waals surface area contributed by atoms with E-state index < -0.39 is 0 Å². The van der Waals surface area contributed by atoms with Gasteiger partial charge < -0.3 is 10.6 Å². The predicted molar refractivity (Wildman–Crippen MR) is 137 cm³/mol. The topological polar surface area (TPSA) is 57.2 Å². The lowest BCUT2D eigenvalue weighted by Gasteiger charge is -2.38. The van der Waals surface area contributed by atoms with Crippen molar-refractivity contribution in [3.8, 4) is 0 Å². The van der Waals surface area contributed by atoms with Crippen molar-refractivity contribution in [3.63, 3.8) is 0 Å².